The molecular formula is C15H26N2O4. The maximum absolute atomic E-state index is 11.2. The summed E-state index contributed by atoms with van der Waals surface area (Å²) >= 11 is 0. The first-order chi connectivity index (χ1) is 10.0. The molecule has 0 amide bonds. The molecule has 120 valence electrons. The van der Waals surface area contributed by atoms with Crippen molar-refractivity contribution in [3.63, 3.8) is 0 Å². The number of hydrogen-bond acceptors (Lipinski definition) is 4. The van der Waals surface area contributed by atoms with Crippen LogP contribution in [0.3, 0.4) is 0 Å². The van der Waals surface area contributed by atoms with E-state index in [1.807, 2.05) is 0 Å². The summed E-state index contributed by atoms with van der Waals surface area (Å²) in [5, 5.41) is 21.6. The molecule has 2 rings (SSSR count). The normalized spacial score (nSPS) is 28.4. The molecule has 0 aromatic carbocycles. The Hall–Kier alpha value is -1.14. The summed E-state index contributed by atoms with van der Waals surface area (Å²) in [5.74, 6) is -1.50. The molecule has 1 aliphatic heterocycles. The van der Waals surface area contributed by atoms with Gasteiger partial charge in [0.25, 0.3) is 0 Å². The monoisotopic (exact) mass is 298 g/mol. The van der Waals surface area contributed by atoms with Gasteiger partial charge in [0.1, 0.15) is 0 Å². The summed E-state index contributed by atoms with van der Waals surface area (Å²) in [6.45, 7) is 1.81. The fourth-order valence-corrected chi connectivity index (χ4v) is 3.56. The Kier molecular flexibility index (Phi) is 5.99. The summed E-state index contributed by atoms with van der Waals surface area (Å²) in [5.41, 5.74) is 0. The van der Waals surface area contributed by atoms with Gasteiger partial charge >= 0.3 is 11.9 Å². The third-order valence-corrected chi connectivity index (χ3v) is 4.65. The topological polar surface area (TPSA) is 89.9 Å². The number of likely N-dealkylation sites (tertiary alicyclic amines) is 1. The van der Waals surface area contributed by atoms with Gasteiger partial charge in [0, 0.05) is 19.1 Å². The minimum Gasteiger partial charge on any atom is -0.481 e. The maximum atomic E-state index is 11.2. The van der Waals surface area contributed by atoms with Crippen molar-refractivity contribution in [2.24, 2.45) is 11.8 Å². The van der Waals surface area contributed by atoms with Crippen molar-refractivity contribution in [1.29, 1.82) is 0 Å². The first-order valence-corrected chi connectivity index (χ1v) is 7.95. The van der Waals surface area contributed by atoms with Crippen LogP contribution in [0.2, 0.25) is 0 Å². The molecule has 0 bridgehead atoms. The lowest BCUT2D eigenvalue weighted by atomic mass is 9.88. The van der Waals surface area contributed by atoms with Gasteiger partial charge < -0.3 is 15.5 Å². The van der Waals surface area contributed by atoms with Crippen LogP contribution in [-0.2, 0) is 9.59 Å². The smallest absolute Gasteiger partial charge is 0.317 e. The van der Waals surface area contributed by atoms with E-state index in [0.717, 1.165) is 6.54 Å². The molecule has 0 aromatic rings. The van der Waals surface area contributed by atoms with Gasteiger partial charge in [-0.2, -0.15) is 0 Å². The first-order valence-electron chi connectivity index (χ1n) is 7.95. The number of nitrogens with zero attached hydrogens (tertiary/aromatic N) is 1. The van der Waals surface area contributed by atoms with Crippen molar-refractivity contribution in [3.05, 3.63) is 0 Å². The van der Waals surface area contributed by atoms with Gasteiger partial charge in [-0.1, -0.05) is 19.3 Å². The summed E-state index contributed by atoms with van der Waals surface area (Å²) in [6, 6.07) is 0.0844. The van der Waals surface area contributed by atoms with Crippen LogP contribution in [0.4, 0.5) is 0 Å². The Morgan fingerprint density at radius 2 is 1.81 bits per heavy atom. The van der Waals surface area contributed by atoms with E-state index in [9.17, 15) is 14.7 Å². The number of aliphatic carboxylic acids is 2. The molecule has 1 saturated carbocycles. The van der Waals surface area contributed by atoms with E-state index in [1.54, 1.807) is 4.90 Å². The van der Waals surface area contributed by atoms with Crippen LogP contribution in [0.25, 0.3) is 0 Å². The van der Waals surface area contributed by atoms with E-state index in [2.05, 4.69) is 5.32 Å². The fourth-order valence-electron chi connectivity index (χ4n) is 3.56. The molecule has 2 atom stereocenters. The summed E-state index contributed by atoms with van der Waals surface area (Å²) in [4.78, 5) is 23.8. The van der Waals surface area contributed by atoms with Crippen LogP contribution in [0, 0.1) is 11.8 Å². The molecule has 2 fully saturated rings. The number of carboxylic acids is 2. The largest absolute Gasteiger partial charge is 0.481 e. The highest BCUT2D eigenvalue weighted by Gasteiger charge is 2.32. The number of nitrogens with one attached hydrogen (secondary N) is 1. The first kappa shape index (κ1) is 16.2. The van der Waals surface area contributed by atoms with Gasteiger partial charge in [-0.05, 0) is 31.7 Å². The Balaban J connectivity index is 1.84. The lowest BCUT2D eigenvalue weighted by molar-refractivity contribution is -0.146. The van der Waals surface area contributed by atoms with Crippen molar-refractivity contribution >= 4 is 11.9 Å². The third-order valence-electron chi connectivity index (χ3n) is 4.65. The van der Waals surface area contributed by atoms with Crippen LogP contribution in [0.5, 0.6) is 0 Å². The molecule has 0 aromatic heterocycles. The minimum atomic E-state index is -0.896. The van der Waals surface area contributed by atoms with Crippen LogP contribution in [-0.4, -0.2) is 59.3 Å². The predicted molar refractivity (Wildman–Crippen MR) is 78.2 cm³/mol. The zero-order valence-electron chi connectivity index (χ0n) is 12.5. The van der Waals surface area contributed by atoms with Gasteiger partial charge in [0.15, 0.2) is 0 Å². The lowest BCUT2D eigenvalue weighted by Crippen LogP contribution is -2.52. The number of hydrogen-bond donors (Lipinski definition) is 3. The van der Waals surface area contributed by atoms with E-state index in [0.29, 0.717) is 25.4 Å². The lowest BCUT2D eigenvalue weighted by Gasteiger charge is -2.36. The maximum Gasteiger partial charge on any atom is 0.317 e. The summed E-state index contributed by atoms with van der Waals surface area (Å²) in [6.07, 6.45) is 7.01. The molecular weight excluding hydrogens is 272 g/mol. The summed E-state index contributed by atoms with van der Waals surface area (Å²) in [7, 11) is 0. The van der Waals surface area contributed by atoms with Crippen molar-refractivity contribution in [1.82, 2.24) is 10.2 Å². The number of carbonyl (C=O) groups is 2. The van der Waals surface area contributed by atoms with Crippen molar-refractivity contribution < 1.29 is 19.8 Å². The van der Waals surface area contributed by atoms with Crippen LogP contribution in [0.15, 0.2) is 0 Å². The molecule has 0 spiro atoms. The van der Waals surface area contributed by atoms with E-state index in [4.69, 9.17) is 5.11 Å². The molecule has 6 nitrogen and oxygen atoms in total. The van der Waals surface area contributed by atoms with E-state index >= 15 is 0 Å². The highest BCUT2D eigenvalue weighted by Crippen LogP contribution is 2.24. The highest BCUT2D eigenvalue weighted by atomic mass is 16.4. The summed E-state index contributed by atoms with van der Waals surface area (Å²) < 4.78 is 0. The van der Waals surface area contributed by atoms with Gasteiger partial charge in [-0.15, -0.1) is 0 Å². The second kappa shape index (κ2) is 7.75. The number of carboxylic acid groups (broad SMARTS) is 2. The zero-order valence-corrected chi connectivity index (χ0v) is 12.5. The third kappa shape index (κ3) is 5.28. The van der Waals surface area contributed by atoms with Crippen LogP contribution >= 0.6 is 0 Å². The average Bonchev–Trinajstić information content (AvgIpc) is 2.45. The van der Waals surface area contributed by atoms with Crippen molar-refractivity contribution in [2.45, 2.75) is 44.6 Å². The molecule has 2 aliphatic rings. The second-order valence-corrected chi connectivity index (χ2v) is 6.47. The van der Waals surface area contributed by atoms with Gasteiger partial charge in [0.2, 0.25) is 0 Å². The van der Waals surface area contributed by atoms with Crippen molar-refractivity contribution in [2.75, 3.05) is 26.2 Å². The minimum absolute atomic E-state index is 0.0780. The fraction of sp³-hybridized carbons (Fsp3) is 0.867. The zero-order chi connectivity index (χ0) is 15.2. The highest BCUT2D eigenvalue weighted by molar-refractivity contribution is 5.71. The Bertz CT molecular complexity index is 369. The van der Waals surface area contributed by atoms with E-state index in [1.165, 1.54) is 32.1 Å². The van der Waals surface area contributed by atoms with E-state index < -0.39 is 17.9 Å². The number of rotatable bonds is 6. The SMILES string of the molecule is O=C(O)CN1CC(NCC2CCCCC2)CC(C(=O)O)C1. The molecule has 1 saturated heterocycles. The molecule has 2 unspecified atom stereocenters. The molecule has 1 heterocycles. The molecule has 3 N–H and O–H groups in total. The average molecular weight is 298 g/mol. The number of piperidine rings is 1. The van der Waals surface area contributed by atoms with Crippen LogP contribution in [0.1, 0.15) is 38.5 Å². The van der Waals surface area contributed by atoms with E-state index in [-0.39, 0.29) is 12.6 Å². The Morgan fingerprint density at radius 3 is 2.43 bits per heavy atom. The Morgan fingerprint density at radius 1 is 1.10 bits per heavy atom. The predicted octanol–water partition coefficient (Wildman–Crippen LogP) is 1.02. The van der Waals surface area contributed by atoms with Gasteiger partial charge in [0.05, 0.1) is 12.5 Å². The van der Waals surface area contributed by atoms with Gasteiger partial charge in [-0.3, -0.25) is 14.5 Å². The molecule has 21 heavy (non-hydrogen) atoms. The second-order valence-electron chi connectivity index (χ2n) is 6.47. The van der Waals surface area contributed by atoms with Crippen molar-refractivity contribution in [3.8, 4) is 0 Å². The Labute approximate surface area is 125 Å². The van der Waals surface area contributed by atoms with Gasteiger partial charge in [-0.25, -0.2) is 0 Å². The standard InChI is InChI=1S/C15H26N2O4/c18-14(19)10-17-8-12(15(20)21)6-13(9-17)16-7-11-4-2-1-3-5-11/h11-13,16H,1-10H2,(H,18,19)(H,20,21). The molecule has 0 radical (unpaired) electrons. The molecule has 1 aliphatic carbocycles. The van der Waals surface area contributed by atoms with Crippen LogP contribution < -0.4 is 5.32 Å². The quantitative estimate of drug-likeness (QED) is 0.678. The molecule has 6 heteroatoms.